The van der Waals surface area contributed by atoms with E-state index in [4.69, 9.17) is 19.4 Å². The van der Waals surface area contributed by atoms with Gasteiger partial charge in [-0.15, -0.1) is 11.3 Å². The van der Waals surface area contributed by atoms with Gasteiger partial charge < -0.3 is 19.5 Å². The van der Waals surface area contributed by atoms with Crippen LogP contribution in [-0.2, 0) is 20.9 Å². The van der Waals surface area contributed by atoms with Gasteiger partial charge in [-0.25, -0.2) is 14.8 Å². The van der Waals surface area contributed by atoms with Crippen molar-refractivity contribution >= 4 is 33.3 Å². The van der Waals surface area contributed by atoms with E-state index >= 15 is 0 Å². The van der Waals surface area contributed by atoms with Gasteiger partial charge in [0.2, 0.25) is 0 Å². The van der Waals surface area contributed by atoms with Gasteiger partial charge in [-0.1, -0.05) is 42.5 Å². The number of carbonyl (C=O) groups excluding carboxylic acids is 1. The second-order valence-corrected chi connectivity index (χ2v) is 8.27. The van der Waals surface area contributed by atoms with Crippen LogP contribution in [0.25, 0.3) is 21.3 Å². The molecule has 2 heterocycles. The van der Waals surface area contributed by atoms with Crippen LogP contribution in [0.1, 0.15) is 24.4 Å². The molecule has 1 N–H and O–H groups in total. The summed E-state index contributed by atoms with van der Waals surface area (Å²) in [5.41, 5.74) is 3.27. The Morgan fingerprint density at radius 1 is 1.06 bits per heavy atom. The fourth-order valence-electron chi connectivity index (χ4n) is 3.46. The minimum Gasteiger partial charge on any atom is -0.482 e. The Bertz CT molecular complexity index is 1230. The van der Waals surface area contributed by atoms with E-state index in [-0.39, 0.29) is 12.6 Å². The Kier molecular flexibility index (Phi) is 7.16. The Balaban J connectivity index is 1.62. The van der Waals surface area contributed by atoms with E-state index in [0.29, 0.717) is 18.2 Å². The Labute approximate surface area is 196 Å². The molecule has 0 radical (unpaired) electrons. The smallest absolute Gasteiger partial charge is 0.343 e. The molecular weight excluding hydrogens is 438 g/mol. The zero-order chi connectivity index (χ0) is 23.2. The summed E-state index contributed by atoms with van der Waals surface area (Å²) in [4.78, 5) is 21.7. The summed E-state index contributed by atoms with van der Waals surface area (Å²) in [6.07, 6.45) is 0. The van der Waals surface area contributed by atoms with Gasteiger partial charge in [0.05, 0.1) is 12.5 Å². The van der Waals surface area contributed by atoms with E-state index in [1.54, 1.807) is 18.4 Å². The van der Waals surface area contributed by atoms with Crippen molar-refractivity contribution in [1.82, 2.24) is 9.97 Å². The summed E-state index contributed by atoms with van der Waals surface area (Å²) in [5, 5.41) is 6.68. The first-order chi connectivity index (χ1) is 16.1. The Morgan fingerprint density at radius 2 is 1.82 bits per heavy atom. The molecule has 0 aliphatic carbocycles. The third-order valence-corrected chi connectivity index (χ3v) is 6.03. The maximum Gasteiger partial charge on any atom is 0.343 e. The highest BCUT2D eigenvalue weighted by molar-refractivity contribution is 7.17. The molecular formula is C25H25N3O4S. The molecule has 0 amide bonds. The van der Waals surface area contributed by atoms with Crippen LogP contribution >= 0.6 is 11.3 Å². The molecule has 7 nitrogen and oxygen atoms in total. The summed E-state index contributed by atoms with van der Waals surface area (Å²) < 4.78 is 15.3. The number of esters is 1. The van der Waals surface area contributed by atoms with Gasteiger partial charge in [-0.2, -0.15) is 0 Å². The Morgan fingerprint density at radius 3 is 2.52 bits per heavy atom. The van der Waals surface area contributed by atoms with E-state index in [9.17, 15) is 4.79 Å². The summed E-state index contributed by atoms with van der Waals surface area (Å²) in [6, 6.07) is 17.8. The number of rotatable bonds is 9. The summed E-state index contributed by atoms with van der Waals surface area (Å²) in [6.45, 7) is 2.29. The summed E-state index contributed by atoms with van der Waals surface area (Å²) >= 11 is 1.60. The first-order valence-electron chi connectivity index (χ1n) is 10.5. The summed E-state index contributed by atoms with van der Waals surface area (Å²) in [7, 11) is 2.97. The van der Waals surface area contributed by atoms with Gasteiger partial charge in [-0.05, 0) is 30.2 Å². The fourth-order valence-corrected chi connectivity index (χ4v) is 4.42. The maximum atomic E-state index is 11.3. The van der Waals surface area contributed by atoms with Gasteiger partial charge in [0.1, 0.15) is 23.0 Å². The molecule has 1 atom stereocenters. The lowest BCUT2D eigenvalue weighted by Gasteiger charge is -2.17. The van der Waals surface area contributed by atoms with Crippen LogP contribution in [0.2, 0.25) is 0 Å². The molecule has 0 saturated heterocycles. The molecule has 0 aliphatic heterocycles. The van der Waals surface area contributed by atoms with Crippen molar-refractivity contribution in [2.45, 2.75) is 19.6 Å². The van der Waals surface area contributed by atoms with Crippen LogP contribution in [0, 0.1) is 0 Å². The minimum atomic E-state index is -0.418. The SMILES string of the molecule is COCc1nc(NC(C)c2ccc(OCC(=O)OC)cc2)c2c(-c3ccccc3)csc2n1. The molecule has 0 spiro atoms. The number of hydrogen-bond donors (Lipinski definition) is 1. The first kappa shape index (κ1) is 22.7. The van der Waals surface area contributed by atoms with E-state index in [1.807, 2.05) is 42.5 Å². The molecule has 170 valence electrons. The molecule has 0 fully saturated rings. The van der Waals surface area contributed by atoms with Crippen LogP contribution < -0.4 is 10.1 Å². The number of methoxy groups -OCH3 is 2. The molecule has 0 aliphatic rings. The molecule has 0 saturated carbocycles. The lowest BCUT2D eigenvalue weighted by atomic mass is 10.1. The lowest BCUT2D eigenvalue weighted by molar-refractivity contribution is -0.142. The van der Waals surface area contributed by atoms with Crippen LogP contribution in [0.15, 0.2) is 60.0 Å². The van der Waals surface area contributed by atoms with E-state index in [0.717, 1.165) is 32.7 Å². The number of nitrogens with zero attached hydrogens (tertiary/aromatic N) is 2. The number of hydrogen-bond acceptors (Lipinski definition) is 8. The highest BCUT2D eigenvalue weighted by Crippen LogP contribution is 2.38. The maximum absolute atomic E-state index is 11.3. The first-order valence-corrected chi connectivity index (χ1v) is 11.4. The number of carbonyl (C=O) groups is 1. The normalized spacial score (nSPS) is 11.8. The van der Waals surface area contributed by atoms with Gasteiger partial charge in [-0.3, -0.25) is 0 Å². The molecule has 8 heteroatoms. The van der Waals surface area contributed by atoms with Gasteiger partial charge in [0.25, 0.3) is 0 Å². The van der Waals surface area contributed by atoms with Crippen molar-refractivity contribution in [1.29, 1.82) is 0 Å². The van der Waals surface area contributed by atoms with Crippen molar-refractivity contribution < 1.29 is 19.0 Å². The van der Waals surface area contributed by atoms with Crippen LogP contribution in [0.3, 0.4) is 0 Å². The molecule has 4 rings (SSSR count). The Hall–Kier alpha value is -3.49. The number of ether oxygens (including phenoxy) is 3. The van der Waals surface area contributed by atoms with Gasteiger partial charge in [0, 0.05) is 24.1 Å². The monoisotopic (exact) mass is 463 g/mol. The number of benzene rings is 2. The van der Waals surface area contributed by atoms with E-state index in [1.165, 1.54) is 7.11 Å². The third-order valence-electron chi connectivity index (χ3n) is 5.16. The highest BCUT2D eigenvalue weighted by atomic mass is 32.1. The zero-order valence-corrected chi connectivity index (χ0v) is 19.5. The molecule has 33 heavy (non-hydrogen) atoms. The molecule has 2 aromatic heterocycles. The van der Waals surface area contributed by atoms with Crippen LogP contribution in [0.4, 0.5) is 5.82 Å². The highest BCUT2D eigenvalue weighted by Gasteiger charge is 2.17. The third kappa shape index (κ3) is 5.30. The fraction of sp³-hybridized carbons (Fsp3) is 0.240. The second kappa shape index (κ2) is 10.4. The number of nitrogens with one attached hydrogen (secondary N) is 1. The predicted molar refractivity (Wildman–Crippen MR) is 130 cm³/mol. The lowest BCUT2D eigenvalue weighted by Crippen LogP contribution is -2.13. The average molecular weight is 464 g/mol. The number of thiophene rings is 1. The minimum absolute atomic E-state index is 0.0309. The summed E-state index contributed by atoms with van der Waals surface area (Å²) in [5.74, 6) is 1.59. The van der Waals surface area contributed by atoms with Crippen molar-refractivity contribution in [3.8, 4) is 16.9 Å². The quantitative estimate of drug-likeness (QED) is 0.340. The molecule has 0 bridgehead atoms. The van der Waals surface area contributed by atoms with Gasteiger partial charge in [0.15, 0.2) is 12.4 Å². The molecule has 4 aromatic rings. The van der Waals surface area contributed by atoms with Crippen LogP contribution in [0.5, 0.6) is 5.75 Å². The predicted octanol–water partition coefficient (Wildman–Crippen LogP) is 5.23. The number of fused-ring (bicyclic) bond motifs is 1. The van der Waals surface area contributed by atoms with E-state index in [2.05, 4.69) is 34.5 Å². The molecule has 2 aromatic carbocycles. The van der Waals surface area contributed by atoms with E-state index < -0.39 is 5.97 Å². The number of aromatic nitrogens is 2. The topological polar surface area (TPSA) is 82.6 Å². The van der Waals surface area contributed by atoms with Crippen molar-refractivity contribution in [2.24, 2.45) is 0 Å². The largest absolute Gasteiger partial charge is 0.482 e. The molecule has 1 unspecified atom stereocenters. The van der Waals surface area contributed by atoms with Crippen molar-refractivity contribution in [3.05, 3.63) is 71.4 Å². The second-order valence-electron chi connectivity index (χ2n) is 7.42. The van der Waals surface area contributed by atoms with Crippen molar-refractivity contribution in [2.75, 3.05) is 26.1 Å². The standard InChI is InChI=1S/C25H25N3O4S/c1-16(17-9-11-19(12-10-17)32-14-22(29)31-3)26-24-23-20(18-7-5-4-6-8-18)15-33-25(23)28-21(27-24)13-30-2/h4-12,15-16H,13-14H2,1-3H3,(H,26,27,28). The van der Waals surface area contributed by atoms with Crippen molar-refractivity contribution in [3.63, 3.8) is 0 Å². The van der Waals surface area contributed by atoms with Gasteiger partial charge >= 0.3 is 5.97 Å². The van der Waals surface area contributed by atoms with Crippen LogP contribution in [-0.4, -0.2) is 36.8 Å². The number of anilines is 1. The average Bonchev–Trinajstić information content (AvgIpc) is 3.28. The zero-order valence-electron chi connectivity index (χ0n) is 18.7.